The summed E-state index contributed by atoms with van der Waals surface area (Å²) in [5.74, 6) is 0.151. The van der Waals surface area contributed by atoms with Crippen molar-refractivity contribution >= 4 is 29.2 Å². The monoisotopic (exact) mass is 300 g/mol. The lowest BCUT2D eigenvalue weighted by atomic mass is 10.1. The summed E-state index contributed by atoms with van der Waals surface area (Å²) in [5, 5.41) is 0.165. The first kappa shape index (κ1) is 14.2. The van der Waals surface area contributed by atoms with E-state index in [1.54, 1.807) is 12.1 Å². The molecule has 1 aromatic rings. The topological polar surface area (TPSA) is 35.5 Å². The number of carbonyl (C=O) groups excluding carboxylic acids is 1. The molecular weight excluding hydrogens is 287 g/mol. The number of hydrogen-bond acceptors (Lipinski definition) is 3. The molecule has 5 heteroatoms. The third-order valence-electron chi connectivity index (χ3n) is 2.45. The van der Waals surface area contributed by atoms with Gasteiger partial charge in [0.25, 0.3) is 0 Å². The minimum Gasteiger partial charge on any atom is -0.488 e. The number of halogens is 2. The molecule has 0 N–H and O–H groups in total. The fourth-order valence-corrected chi connectivity index (χ4v) is 2.09. The molecule has 0 fully saturated rings. The van der Waals surface area contributed by atoms with Crippen LogP contribution in [-0.4, -0.2) is 11.6 Å². The van der Waals surface area contributed by atoms with Crippen LogP contribution in [-0.2, 0) is 9.53 Å². The van der Waals surface area contributed by atoms with E-state index in [-0.39, 0.29) is 15.7 Å². The van der Waals surface area contributed by atoms with Crippen LogP contribution in [0, 0.1) is 0 Å². The number of benzene rings is 1. The Hall–Kier alpha value is -1.19. The Morgan fingerprint density at radius 2 is 1.74 bits per heavy atom. The maximum absolute atomic E-state index is 11.3. The van der Waals surface area contributed by atoms with Gasteiger partial charge in [-0.1, -0.05) is 35.3 Å². The average molecular weight is 301 g/mol. The maximum Gasteiger partial charge on any atom is 0.352 e. The maximum atomic E-state index is 11.3. The highest BCUT2D eigenvalue weighted by molar-refractivity contribution is 6.48. The molecule has 1 unspecified atom stereocenters. The number of rotatable bonds is 2. The summed E-state index contributed by atoms with van der Waals surface area (Å²) in [6.07, 6.45) is -0.620. The van der Waals surface area contributed by atoms with Gasteiger partial charge in [-0.05, 0) is 38.5 Å². The van der Waals surface area contributed by atoms with E-state index >= 15 is 0 Å². The van der Waals surface area contributed by atoms with Crippen LogP contribution >= 0.6 is 23.2 Å². The van der Waals surface area contributed by atoms with Crippen LogP contribution < -0.4 is 4.74 Å². The predicted octanol–water partition coefficient (Wildman–Crippen LogP) is 4.15. The predicted molar refractivity (Wildman–Crippen MR) is 74.4 cm³/mol. The van der Waals surface area contributed by atoms with Crippen molar-refractivity contribution in [3.8, 4) is 5.75 Å². The second-order valence-electron chi connectivity index (χ2n) is 5.23. The largest absolute Gasteiger partial charge is 0.488 e. The Morgan fingerprint density at radius 1 is 1.16 bits per heavy atom. The fourth-order valence-electron chi connectivity index (χ4n) is 1.70. The van der Waals surface area contributed by atoms with E-state index < -0.39 is 12.1 Å². The van der Waals surface area contributed by atoms with E-state index in [4.69, 9.17) is 32.7 Å². The van der Waals surface area contributed by atoms with Gasteiger partial charge < -0.3 is 9.47 Å². The first-order chi connectivity index (χ1) is 8.78. The lowest BCUT2D eigenvalue weighted by molar-refractivity contribution is -0.139. The van der Waals surface area contributed by atoms with Gasteiger partial charge in [0.2, 0.25) is 0 Å². The molecule has 1 heterocycles. The van der Waals surface area contributed by atoms with Crippen molar-refractivity contribution in [3.05, 3.63) is 39.9 Å². The summed E-state index contributed by atoms with van der Waals surface area (Å²) >= 11 is 11.7. The SMILES string of the molecule is CC(C)(C)Oc1ccc(C2OC(=O)C(Cl)=C2Cl)cc1. The lowest BCUT2D eigenvalue weighted by Gasteiger charge is -2.21. The van der Waals surface area contributed by atoms with Crippen LogP contribution in [0.4, 0.5) is 0 Å². The Morgan fingerprint density at radius 3 is 2.16 bits per heavy atom. The lowest BCUT2D eigenvalue weighted by Crippen LogP contribution is -2.22. The van der Waals surface area contributed by atoms with Gasteiger partial charge in [0, 0.05) is 0 Å². The highest BCUT2D eigenvalue weighted by Crippen LogP contribution is 2.39. The van der Waals surface area contributed by atoms with E-state index in [2.05, 4.69) is 0 Å². The van der Waals surface area contributed by atoms with Crippen molar-refractivity contribution in [1.29, 1.82) is 0 Å². The van der Waals surface area contributed by atoms with E-state index in [0.29, 0.717) is 0 Å². The van der Waals surface area contributed by atoms with Crippen LogP contribution in [0.2, 0.25) is 0 Å². The van der Waals surface area contributed by atoms with Crippen molar-refractivity contribution < 1.29 is 14.3 Å². The molecule has 0 aromatic heterocycles. The van der Waals surface area contributed by atoms with Crippen molar-refractivity contribution in [1.82, 2.24) is 0 Å². The molecule has 2 rings (SSSR count). The minimum atomic E-state index is -0.620. The van der Waals surface area contributed by atoms with Gasteiger partial charge in [0.15, 0.2) is 6.10 Å². The number of ether oxygens (including phenoxy) is 2. The molecule has 1 aliphatic rings. The standard InChI is InChI=1S/C14H14Cl2O3/c1-14(2,3)19-9-6-4-8(5-7-9)12-10(15)11(16)13(17)18-12/h4-7,12H,1-3H3. The van der Waals surface area contributed by atoms with Crippen LogP contribution in [0.5, 0.6) is 5.75 Å². The van der Waals surface area contributed by atoms with E-state index in [9.17, 15) is 4.79 Å². The van der Waals surface area contributed by atoms with Gasteiger partial charge in [0.1, 0.15) is 16.4 Å². The van der Waals surface area contributed by atoms with Crippen LogP contribution in [0.25, 0.3) is 0 Å². The van der Waals surface area contributed by atoms with Crippen LogP contribution in [0.3, 0.4) is 0 Å². The molecule has 19 heavy (non-hydrogen) atoms. The highest BCUT2D eigenvalue weighted by Gasteiger charge is 2.33. The molecule has 0 spiro atoms. The quantitative estimate of drug-likeness (QED) is 0.770. The zero-order valence-corrected chi connectivity index (χ0v) is 12.4. The third kappa shape index (κ3) is 3.23. The van der Waals surface area contributed by atoms with Gasteiger partial charge in [0.05, 0.1) is 5.03 Å². The smallest absolute Gasteiger partial charge is 0.352 e. The van der Waals surface area contributed by atoms with Crippen molar-refractivity contribution in [2.75, 3.05) is 0 Å². The molecule has 0 saturated heterocycles. The van der Waals surface area contributed by atoms with E-state index in [1.165, 1.54) is 0 Å². The molecule has 0 radical (unpaired) electrons. The Balaban J connectivity index is 2.18. The summed E-state index contributed by atoms with van der Waals surface area (Å²) in [7, 11) is 0. The molecule has 0 saturated carbocycles. The zero-order chi connectivity index (χ0) is 14.2. The molecule has 0 aliphatic carbocycles. The molecule has 0 bridgehead atoms. The van der Waals surface area contributed by atoms with Gasteiger partial charge in [-0.25, -0.2) is 4.79 Å². The molecule has 102 valence electrons. The molecule has 1 aromatic carbocycles. The molecule has 0 amide bonds. The summed E-state index contributed by atoms with van der Waals surface area (Å²) < 4.78 is 10.8. The fraction of sp³-hybridized carbons (Fsp3) is 0.357. The van der Waals surface area contributed by atoms with E-state index in [0.717, 1.165) is 11.3 Å². The van der Waals surface area contributed by atoms with Crippen LogP contribution in [0.15, 0.2) is 34.3 Å². The Kier molecular flexibility index (Phi) is 3.79. The summed E-state index contributed by atoms with van der Waals surface area (Å²) in [4.78, 5) is 11.3. The number of hydrogen-bond donors (Lipinski definition) is 0. The average Bonchev–Trinajstić information content (AvgIpc) is 2.56. The van der Waals surface area contributed by atoms with Gasteiger partial charge in [-0.3, -0.25) is 0 Å². The van der Waals surface area contributed by atoms with Crippen molar-refractivity contribution in [2.45, 2.75) is 32.5 Å². The van der Waals surface area contributed by atoms with Gasteiger partial charge >= 0.3 is 5.97 Å². The molecular formula is C14H14Cl2O3. The van der Waals surface area contributed by atoms with Gasteiger partial charge in [-0.15, -0.1) is 0 Å². The van der Waals surface area contributed by atoms with Crippen molar-refractivity contribution in [2.24, 2.45) is 0 Å². The Labute approximate surface area is 122 Å². The summed E-state index contributed by atoms with van der Waals surface area (Å²) in [5.41, 5.74) is 0.498. The normalized spacial score (nSPS) is 19.6. The van der Waals surface area contributed by atoms with Crippen molar-refractivity contribution in [3.63, 3.8) is 0 Å². The first-order valence-electron chi connectivity index (χ1n) is 5.83. The zero-order valence-electron chi connectivity index (χ0n) is 10.9. The minimum absolute atomic E-state index is 0.0540. The Bertz CT molecular complexity index is 527. The second kappa shape index (κ2) is 5.06. The number of carbonyl (C=O) groups is 1. The number of esters is 1. The van der Waals surface area contributed by atoms with E-state index in [1.807, 2.05) is 32.9 Å². The molecule has 3 nitrogen and oxygen atoms in total. The molecule has 1 aliphatic heterocycles. The third-order valence-corrected chi connectivity index (χ3v) is 3.29. The second-order valence-corrected chi connectivity index (χ2v) is 6.02. The van der Waals surface area contributed by atoms with Crippen LogP contribution in [0.1, 0.15) is 32.4 Å². The first-order valence-corrected chi connectivity index (χ1v) is 6.58. The summed E-state index contributed by atoms with van der Waals surface area (Å²) in [6, 6.07) is 7.23. The molecule has 1 atom stereocenters. The summed E-state index contributed by atoms with van der Waals surface area (Å²) in [6.45, 7) is 5.91. The van der Waals surface area contributed by atoms with Gasteiger partial charge in [-0.2, -0.15) is 0 Å². The highest BCUT2D eigenvalue weighted by atomic mass is 35.5. The number of cyclic esters (lactones) is 1.